The summed E-state index contributed by atoms with van der Waals surface area (Å²) in [5.74, 6) is -2.72. The van der Waals surface area contributed by atoms with E-state index in [9.17, 15) is 14.7 Å². The number of carbonyl (C=O) groups excluding carboxylic acids is 2. The van der Waals surface area contributed by atoms with E-state index in [0.29, 0.717) is 5.69 Å². The van der Waals surface area contributed by atoms with Crippen molar-refractivity contribution in [2.75, 3.05) is 5.32 Å². The largest absolute Gasteiger partial charge is 0.550 e. The number of rotatable bonds is 3. The van der Waals surface area contributed by atoms with Gasteiger partial charge in [-0.3, -0.25) is 9.78 Å². The number of anilines is 1. The Hall–Kier alpha value is -2.17. The van der Waals surface area contributed by atoms with Gasteiger partial charge in [-0.1, -0.05) is 12.2 Å². The third kappa shape index (κ3) is 2.01. The van der Waals surface area contributed by atoms with Crippen molar-refractivity contribution in [3.8, 4) is 0 Å². The molecule has 0 saturated heterocycles. The molecule has 1 aromatic heterocycles. The van der Waals surface area contributed by atoms with Gasteiger partial charge in [-0.25, -0.2) is 0 Å². The SMILES string of the molecule is O=C(Nc1cccnc1)[C@@H]1[C@@H](C(=O)[O-])[C@H]2C=C[C@@H]1C2. The van der Waals surface area contributed by atoms with Gasteiger partial charge in [-0.2, -0.15) is 0 Å². The predicted molar refractivity (Wildman–Crippen MR) is 65.6 cm³/mol. The molecule has 1 saturated carbocycles. The van der Waals surface area contributed by atoms with Crippen molar-refractivity contribution >= 4 is 17.6 Å². The van der Waals surface area contributed by atoms with Crippen LogP contribution < -0.4 is 10.4 Å². The van der Waals surface area contributed by atoms with Gasteiger partial charge in [0.1, 0.15) is 0 Å². The molecule has 1 aromatic rings. The maximum atomic E-state index is 12.3. The van der Waals surface area contributed by atoms with E-state index in [-0.39, 0.29) is 17.7 Å². The maximum absolute atomic E-state index is 12.3. The van der Waals surface area contributed by atoms with Gasteiger partial charge < -0.3 is 15.2 Å². The Labute approximate surface area is 110 Å². The van der Waals surface area contributed by atoms with E-state index in [0.717, 1.165) is 6.42 Å². The molecule has 1 N–H and O–H groups in total. The summed E-state index contributed by atoms with van der Waals surface area (Å²) in [5, 5.41) is 13.9. The second-order valence-corrected chi connectivity index (χ2v) is 5.05. The average molecular weight is 257 g/mol. The maximum Gasteiger partial charge on any atom is 0.228 e. The van der Waals surface area contributed by atoms with Gasteiger partial charge in [-0.05, 0) is 30.4 Å². The molecule has 0 unspecified atom stereocenters. The molecule has 2 aliphatic carbocycles. The van der Waals surface area contributed by atoms with Gasteiger partial charge in [0.15, 0.2) is 0 Å². The van der Waals surface area contributed by atoms with Crippen LogP contribution in [-0.2, 0) is 9.59 Å². The van der Waals surface area contributed by atoms with Crippen molar-refractivity contribution in [1.29, 1.82) is 0 Å². The van der Waals surface area contributed by atoms with Crippen LogP contribution in [0.3, 0.4) is 0 Å². The Balaban J connectivity index is 1.79. The highest BCUT2D eigenvalue weighted by Gasteiger charge is 2.48. The molecule has 2 bridgehead atoms. The van der Waals surface area contributed by atoms with Crippen LogP contribution >= 0.6 is 0 Å². The number of aliphatic carboxylic acids is 1. The first kappa shape index (κ1) is 11.9. The fraction of sp³-hybridized carbons (Fsp3) is 0.357. The predicted octanol–water partition coefficient (Wildman–Crippen LogP) is 0.208. The zero-order valence-electron chi connectivity index (χ0n) is 10.2. The van der Waals surface area contributed by atoms with E-state index in [1.807, 2.05) is 12.2 Å². The Morgan fingerprint density at radius 2 is 2.00 bits per heavy atom. The Kier molecular flexibility index (Phi) is 2.81. The number of nitrogens with one attached hydrogen (secondary N) is 1. The van der Waals surface area contributed by atoms with Crippen LogP contribution in [0.2, 0.25) is 0 Å². The summed E-state index contributed by atoms with van der Waals surface area (Å²) in [7, 11) is 0. The van der Waals surface area contributed by atoms with Gasteiger partial charge in [-0.15, -0.1) is 0 Å². The molecule has 19 heavy (non-hydrogen) atoms. The van der Waals surface area contributed by atoms with Crippen LogP contribution in [0.25, 0.3) is 0 Å². The molecule has 4 atom stereocenters. The second kappa shape index (κ2) is 4.50. The number of allylic oxidation sites excluding steroid dienone is 2. The van der Waals surface area contributed by atoms with Crippen molar-refractivity contribution in [3.05, 3.63) is 36.7 Å². The summed E-state index contributed by atoms with van der Waals surface area (Å²) in [6.45, 7) is 0. The molecule has 0 radical (unpaired) electrons. The second-order valence-electron chi connectivity index (χ2n) is 5.05. The van der Waals surface area contributed by atoms with Crippen molar-refractivity contribution in [1.82, 2.24) is 4.98 Å². The third-order valence-corrected chi connectivity index (χ3v) is 3.96. The fourth-order valence-electron chi connectivity index (χ4n) is 3.16. The number of pyridine rings is 1. The van der Waals surface area contributed by atoms with Crippen molar-refractivity contribution < 1.29 is 14.7 Å². The number of carbonyl (C=O) groups is 2. The number of carboxylic acids is 1. The molecule has 5 heteroatoms. The van der Waals surface area contributed by atoms with Crippen LogP contribution in [0.15, 0.2) is 36.7 Å². The Bertz CT molecular complexity index is 541. The molecule has 0 aliphatic heterocycles. The van der Waals surface area contributed by atoms with E-state index in [1.165, 1.54) is 6.20 Å². The number of carboxylic acid groups (broad SMARTS) is 1. The van der Waals surface area contributed by atoms with Crippen molar-refractivity contribution in [2.24, 2.45) is 23.7 Å². The van der Waals surface area contributed by atoms with E-state index in [1.54, 1.807) is 18.3 Å². The highest BCUT2D eigenvalue weighted by atomic mass is 16.4. The summed E-state index contributed by atoms with van der Waals surface area (Å²) >= 11 is 0. The van der Waals surface area contributed by atoms with E-state index in [4.69, 9.17) is 0 Å². The Morgan fingerprint density at radius 3 is 2.63 bits per heavy atom. The third-order valence-electron chi connectivity index (χ3n) is 3.96. The van der Waals surface area contributed by atoms with Gasteiger partial charge in [0.25, 0.3) is 0 Å². The summed E-state index contributed by atoms with van der Waals surface area (Å²) in [6, 6.07) is 3.44. The Morgan fingerprint density at radius 1 is 1.26 bits per heavy atom. The molecule has 0 spiro atoms. The van der Waals surface area contributed by atoms with Crippen LogP contribution in [0.5, 0.6) is 0 Å². The van der Waals surface area contributed by atoms with E-state index >= 15 is 0 Å². The lowest BCUT2D eigenvalue weighted by Gasteiger charge is -2.27. The van der Waals surface area contributed by atoms with Gasteiger partial charge in [0.2, 0.25) is 5.91 Å². The first-order valence-corrected chi connectivity index (χ1v) is 6.27. The number of nitrogens with zero attached hydrogens (tertiary/aromatic N) is 1. The molecule has 1 amide bonds. The molecule has 3 rings (SSSR count). The monoisotopic (exact) mass is 257 g/mol. The first-order chi connectivity index (χ1) is 9.16. The fourth-order valence-corrected chi connectivity index (χ4v) is 3.16. The summed E-state index contributed by atoms with van der Waals surface area (Å²) in [6.07, 6.45) is 7.70. The standard InChI is InChI=1S/C14H14N2O3/c17-13(16-10-2-1-5-15-7-10)11-8-3-4-9(6-8)12(11)14(18)19/h1-5,7-9,11-12H,6H2,(H,16,17)(H,18,19)/p-1/t8-,9+,11+,12+/m1/s1. The first-order valence-electron chi connectivity index (χ1n) is 6.27. The normalized spacial score (nSPS) is 31.4. The topological polar surface area (TPSA) is 82.1 Å². The van der Waals surface area contributed by atoms with Gasteiger partial charge in [0, 0.05) is 18.1 Å². The molecular formula is C14H13N2O3-. The highest BCUT2D eigenvalue weighted by Crippen LogP contribution is 2.48. The van der Waals surface area contributed by atoms with Crippen molar-refractivity contribution in [3.63, 3.8) is 0 Å². The lowest BCUT2D eigenvalue weighted by molar-refractivity contribution is -0.313. The van der Waals surface area contributed by atoms with Crippen LogP contribution in [0.4, 0.5) is 5.69 Å². The molecule has 1 fully saturated rings. The van der Waals surface area contributed by atoms with Crippen LogP contribution in [-0.4, -0.2) is 16.9 Å². The summed E-state index contributed by atoms with van der Waals surface area (Å²) < 4.78 is 0. The molecule has 0 aromatic carbocycles. The zero-order valence-corrected chi connectivity index (χ0v) is 10.2. The molecule has 5 nitrogen and oxygen atoms in total. The minimum atomic E-state index is -1.14. The minimum absolute atomic E-state index is 0.00423. The van der Waals surface area contributed by atoms with Crippen LogP contribution in [0, 0.1) is 23.7 Å². The smallest absolute Gasteiger partial charge is 0.228 e. The number of fused-ring (bicyclic) bond motifs is 2. The molecule has 1 heterocycles. The van der Waals surface area contributed by atoms with Crippen molar-refractivity contribution in [2.45, 2.75) is 6.42 Å². The number of amides is 1. The summed E-state index contributed by atoms with van der Waals surface area (Å²) in [4.78, 5) is 27.4. The number of hydrogen-bond acceptors (Lipinski definition) is 4. The van der Waals surface area contributed by atoms with E-state index < -0.39 is 17.8 Å². The quantitative estimate of drug-likeness (QED) is 0.785. The average Bonchev–Trinajstić information content (AvgIpc) is 2.99. The lowest BCUT2D eigenvalue weighted by Crippen LogP contribution is -2.42. The summed E-state index contributed by atoms with van der Waals surface area (Å²) in [5.41, 5.74) is 0.580. The molecule has 98 valence electrons. The zero-order chi connectivity index (χ0) is 13.4. The van der Waals surface area contributed by atoms with Gasteiger partial charge >= 0.3 is 0 Å². The minimum Gasteiger partial charge on any atom is -0.550 e. The molecule has 2 aliphatic rings. The lowest BCUT2D eigenvalue weighted by atomic mass is 9.82. The highest BCUT2D eigenvalue weighted by molar-refractivity contribution is 5.96. The molecular weight excluding hydrogens is 244 g/mol. The van der Waals surface area contributed by atoms with E-state index in [2.05, 4.69) is 10.3 Å². The number of aromatic nitrogens is 1. The van der Waals surface area contributed by atoms with Gasteiger partial charge in [0.05, 0.1) is 17.8 Å². The van der Waals surface area contributed by atoms with Crippen LogP contribution in [0.1, 0.15) is 6.42 Å². The number of hydrogen-bond donors (Lipinski definition) is 1.